The van der Waals surface area contributed by atoms with E-state index >= 15 is 0 Å². The van der Waals surface area contributed by atoms with Crippen LogP contribution in [0.1, 0.15) is 37.8 Å². The summed E-state index contributed by atoms with van der Waals surface area (Å²) < 4.78 is 7.64. The third-order valence-electron chi connectivity index (χ3n) is 6.35. The van der Waals surface area contributed by atoms with Crippen LogP contribution < -0.4 is 4.90 Å². The number of nitrogens with zero attached hydrogens (tertiary/aromatic N) is 5. The van der Waals surface area contributed by atoms with E-state index in [1.54, 1.807) is 0 Å². The zero-order valence-corrected chi connectivity index (χ0v) is 17.1. The Balaban J connectivity index is 1.42. The Hall–Kier alpha value is -2.44. The lowest BCUT2D eigenvalue weighted by molar-refractivity contribution is 0.122. The summed E-state index contributed by atoms with van der Waals surface area (Å²) in [7, 11) is 0. The molecule has 3 aromatic rings. The molecule has 0 bridgehead atoms. The molecule has 6 nitrogen and oxygen atoms in total. The molecule has 0 spiro atoms. The van der Waals surface area contributed by atoms with Crippen LogP contribution >= 0.6 is 0 Å². The van der Waals surface area contributed by atoms with Gasteiger partial charge in [-0.05, 0) is 38.4 Å². The molecular formula is C23H29N5O. The molecule has 6 heteroatoms. The average Bonchev–Trinajstić information content (AvgIpc) is 3.24. The van der Waals surface area contributed by atoms with Crippen LogP contribution in [0, 0.1) is 0 Å². The van der Waals surface area contributed by atoms with Gasteiger partial charge in [0, 0.05) is 37.1 Å². The smallest absolute Gasteiger partial charge is 0.180 e. The van der Waals surface area contributed by atoms with Gasteiger partial charge >= 0.3 is 0 Å². The fourth-order valence-electron chi connectivity index (χ4n) is 4.57. The van der Waals surface area contributed by atoms with Crippen LogP contribution in [0.3, 0.4) is 0 Å². The summed E-state index contributed by atoms with van der Waals surface area (Å²) in [4.78, 5) is 14.2. The fraction of sp³-hybridized carbons (Fsp3) is 0.478. The third kappa shape index (κ3) is 3.63. The van der Waals surface area contributed by atoms with Crippen molar-refractivity contribution in [2.75, 3.05) is 44.3 Å². The highest BCUT2D eigenvalue weighted by Crippen LogP contribution is 2.29. The Labute approximate surface area is 172 Å². The van der Waals surface area contributed by atoms with Crippen LogP contribution in [0.15, 0.2) is 42.9 Å². The van der Waals surface area contributed by atoms with Gasteiger partial charge in [-0.1, -0.05) is 30.7 Å². The average molecular weight is 392 g/mol. The Morgan fingerprint density at radius 2 is 1.69 bits per heavy atom. The maximum atomic E-state index is 5.48. The lowest BCUT2D eigenvalue weighted by Gasteiger charge is -2.32. The van der Waals surface area contributed by atoms with E-state index in [0.29, 0.717) is 6.04 Å². The van der Waals surface area contributed by atoms with Crippen molar-refractivity contribution >= 4 is 11.5 Å². The van der Waals surface area contributed by atoms with Crippen LogP contribution in [0.5, 0.6) is 0 Å². The van der Waals surface area contributed by atoms with E-state index in [2.05, 4.69) is 50.4 Å². The van der Waals surface area contributed by atoms with Crippen LogP contribution in [0.2, 0.25) is 0 Å². The molecule has 2 aromatic heterocycles. The van der Waals surface area contributed by atoms with E-state index in [-0.39, 0.29) is 0 Å². The largest absolute Gasteiger partial charge is 0.378 e. The molecule has 2 aliphatic rings. The number of aromatic nitrogens is 3. The highest BCUT2D eigenvalue weighted by molar-refractivity contribution is 5.71. The van der Waals surface area contributed by atoms with Gasteiger partial charge in [-0.2, -0.15) is 0 Å². The predicted octanol–water partition coefficient (Wildman–Crippen LogP) is 3.78. The lowest BCUT2D eigenvalue weighted by Crippen LogP contribution is -2.37. The van der Waals surface area contributed by atoms with Gasteiger partial charge < -0.3 is 9.64 Å². The minimum atomic E-state index is 0.476. The molecule has 2 aliphatic heterocycles. The second kappa shape index (κ2) is 8.13. The zero-order valence-electron chi connectivity index (χ0n) is 17.1. The van der Waals surface area contributed by atoms with Gasteiger partial charge in [0.1, 0.15) is 0 Å². The van der Waals surface area contributed by atoms with E-state index in [1.165, 1.54) is 43.5 Å². The van der Waals surface area contributed by atoms with Crippen LogP contribution in [-0.4, -0.2) is 58.7 Å². The SMILES string of the molecule is CC(c1ccc(-c2cnc3c(N4CCOCC4)nccn23)cc1)N1CCCCC1. The molecule has 5 rings (SSSR count). The molecule has 1 atom stereocenters. The number of anilines is 1. The monoisotopic (exact) mass is 391 g/mol. The fourth-order valence-corrected chi connectivity index (χ4v) is 4.57. The Morgan fingerprint density at radius 3 is 2.45 bits per heavy atom. The number of likely N-dealkylation sites (tertiary alicyclic amines) is 1. The van der Waals surface area contributed by atoms with Gasteiger partial charge in [-0.3, -0.25) is 9.30 Å². The molecule has 0 aliphatic carbocycles. The van der Waals surface area contributed by atoms with Crippen molar-refractivity contribution in [3.05, 3.63) is 48.4 Å². The summed E-state index contributed by atoms with van der Waals surface area (Å²) in [6.07, 6.45) is 9.86. The van der Waals surface area contributed by atoms with E-state index < -0.39 is 0 Å². The van der Waals surface area contributed by atoms with Gasteiger partial charge in [0.2, 0.25) is 0 Å². The molecule has 2 fully saturated rings. The van der Waals surface area contributed by atoms with Crippen molar-refractivity contribution in [3.63, 3.8) is 0 Å². The van der Waals surface area contributed by atoms with Gasteiger partial charge in [0.15, 0.2) is 11.5 Å². The van der Waals surface area contributed by atoms with E-state index in [1.807, 2.05) is 18.6 Å². The summed E-state index contributed by atoms with van der Waals surface area (Å²) in [6, 6.07) is 9.49. The first-order valence-electron chi connectivity index (χ1n) is 10.8. The van der Waals surface area contributed by atoms with Gasteiger partial charge in [-0.25, -0.2) is 9.97 Å². The molecule has 1 aromatic carbocycles. The maximum absolute atomic E-state index is 5.48. The second-order valence-electron chi connectivity index (χ2n) is 8.08. The number of benzene rings is 1. The van der Waals surface area contributed by atoms with E-state index in [4.69, 9.17) is 9.72 Å². The first kappa shape index (κ1) is 18.6. The quantitative estimate of drug-likeness (QED) is 0.677. The normalized spacial score (nSPS) is 19.6. The van der Waals surface area contributed by atoms with Crippen molar-refractivity contribution in [2.45, 2.75) is 32.2 Å². The molecule has 1 unspecified atom stereocenters. The van der Waals surface area contributed by atoms with Crippen molar-refractivity contribution in [2.24, 2.45) is 0 Å². The standard InChI is InChI=1S/C23H29N5O/c1-18(26-10-3-2-4-11-26)19-5-7-20(8-6-19)21-17-25-23-22(24-9-12-28(21)23)27-13-15-29-16-14-27/h5-9,12,17-18H,2-4,10-11,13-16H2,1H3. The topological polar surface area (TPSA) is 45.9 Å². The Morgan fingerprint density at radius 1 is 0.931 bits per heavy atom. The number of morpholine rings is 1. The van der Waals surface area contributed by atoms with E-state index in [0.717, 1.165) is 43.5 Å². The van der Waals surface area contributed by atoms with Crippen LogP contribution in [0.25, 0.3) is 16.9 Å². The van der Waals surface area contributed by atoms with Crippen molar-refractivity contribution < 1.29 is 4.74 Å². The predicted molar refractivity (Wildman–Crippen MR) is 115 cm³/mol. The minimum Gasteiger partial charge on any atom is -0.378 e. The Kier molecular flexibility index (Phi) is 5.21. The van der Waals surface area contributed by atoms with Gasteiger partial charge in [-0.15, -0.1) is 0 Å². The summed E-state index contributed by atoms with van der Waals surface area (Å²) >= 11 is 0. The molecule has 0 saturated carbocycles. The maximum Gasteiger partial charge on any atom is 0.180 e. The lowest BCUT2D eigenvalue weighted by atomic mass is 10.0. The summed E-state index contributed by atoms with van der Waals surface area (Å²) in [5, 5.41) is 0. The van der Waals surface area contributed by atoms with Gasteiger partial charge in [0.05, 0.1) is 25.1 Å². The third-order valence-corrected chi connectivity index (χ3v) is 6.35. The highest BCUT2D eigenvalue weighted by Gasteiger charge is 2.20. The first-order chi connectivity index (χ1) is 14.3. The molecule has 2 saturated heterocycles. The molecule has 4 heterocycles. The molecule has 0 amide bonds. The van der Waals surface area contributed by atoms with Crippen molar-refractivity contribution in [1.29, 1.82) is 0 Å². The molecule has 0 N–H and O–H groups in total. The highest BCUT2D eigenvalue weighted by atomic mass is 16.5. The number of rotatable bonds is 4. The minimum absolute atomic E-state index is 0.476. The molecule has 152 valence electrons. The molecule has 29 heavy (non-hydrogen) atoms. The molecule has 0 radical (unpaired) electrons. The summed E-state index contributed by atoms with van der Waals surface area (Å²) in [5.41, 5.74) is 4.59. The van der Waals surface area contributed by atoms with Crippen LogP contribution in [-0.2, 0) is 4.74 Å². The molecular weight excluding hydrogens is 362 g/mol. The Bertz CT molecular complexity index is 955. The van der Waals surface area contributed by atoms with Crippen LogP contribution in [0.4, 0.5) is 5.82 Å². The number of hydrogen-bond acceptors (Lipinski definition) is 5. The summed E-state index contributed by atoms with van der Waals surface area (Å²) in [5.74, 6) is 0.942. The van der Waals surface area contributed by atoms with E-state index in [9.17, 15) is 0 Å². The first-order valence-corrected chi connectivity index (χ1v) is 10.8. The number of hydrogen-bond donors (Lipinski definition) is 0. The number of imidazole rings is 1. The zero-order chi connectivity index (χ0) is 19.6. The second-order valence-corrected chi connectivity index (χ2v) is 8.08. The number of piperidine rings is 1. The van der Waals surface area contributed by atoms with Gasteiger partial charge in [0.25, 0.3) is 0 Å². The number of fused-ring (bicyclic) bond motifs is 1. The van der Waals surface area contributed by atoms with Crippen molar-refractivity contribution in [1.82, 2.24) is 19.3 Å². The summed E-state index contributed by atoms with van der Waals surface area (Å²) in [6.45, 7) is 7.96. The van der Waals surface area contributed by atoms with Crippen molar-refractivity contribution in [3.8, 4) is 11.3 Å². The number of ether oxygens (including phenoxy) is 1.